The highest BCUT2D eigenvalue weighted by atomic mass is 35.5. The van der Waals surface area contributed by atoms with Gasteiger partial charge in [-0.3, -0.25) is 4.79 Å². The van der Waals surface area contributed by atoms with Gasteiger partial charge in [-0.15, -0.1) is 11.3 Å². The highest BCUT2D eigenvalue weighted by Gasteiger charge is 2.32. The summed E-state index contributed by atoms with van der Waals surface area (Å²) in [4.78, 5) is 16.5. The fourth-order valence-electron chi connectivity index (χ4n) is 5.20. The van der Waals surface area contributed by atoms with E-state index in [9.17, 15) is 15.0 Å². The van der Waals surface area contributed by atoms with Crippen LogP contribution in [0.1, 0.15) is 46.5 Å². The van der Waals surface area contributed by atoms with Crippen LogP contribution in [0.3, 0.4) is 0 Å². The van der Waals surface area contributed by atoms with Crippen LogP contribution in [0.15, 0.2) is 66.7 Å². The third kappa shape index (κ3) is 5.39. The Morgan fingerprint density at radius 2 is 1.73 bits per heavy atom. The average molecular weight is 535 g/mol. The molecule has 3 aromatic carbocycles. The van der Waals surface area contributed by atoms with Crippen molar-refractivity contribution in [1.82, 2.24) is 10.2 Å². The van der Waals surface area contributed by atoms with Gasteiger partial charge >= 0.3 is 0 Å². The van der Waals surface area contributed by atoms with Gasteiger partial charge in [-0.25, -0.2) is 0 Å². The average Bonchev–Trinajstić information content (AvgIpc) is 3.29. The van der Waals surface area contributed by atoms with Gasteiger partial charge in [0.1, 0.15) is 10.6 Å². The van der Waals surface area contributed by atoms with E-state index in [1.807, 2.05) is 72.6 Å². The lowest BCUT2D eigenvalue weighted by Gasteiger charge is -2.37. The van der Waals surface area contributed by atoms with E-state index in [0.29, 0.717) is 28.0 Å². The molecular formula is C30H31ClN2O3S. The quantitative estimate of drug-likeness (QED) is 0.250. The summed E-state index contributed by atoms with van der Waals surface area (Å²) in [6, 6.07) is 21.6. The number of nitrogens with one attached hydrogen (secondary N) is 1. The van der Waals surface area contributed by atoms with Gasteiger partial charge in [-0.05, 0) is 67.6 Å². The van der Waals surface area contributed by atoms with Gasteiger partial charge < -0.3 is 20.4 Å². The van der Waals surface area contributed by atoms with Gasteiger partial charge in [0.25, 0.3) is 5.91 Å². The maximum atomic E-state index is 14.1. The number of halogens is 1. The number of hydrogen-bond donors (Lipinski definition) is 3. The number of thiophene rings is 1. The van der Waals surface area contributed by atoms with Crippen molar-refractivity contribution in [2.45, 2.75) is 50.9 Å². The van der Waals surface area contributed by atoms with Crippen molar-refractivity contribution in [2.24, 2.45) is 0 Å². The second-order valence-corrected chi connectivity index (χ2v) is 11.1. The number of aliphatic hydroxyl groups is 1. The summed E-state index contributed by atoms with van der Waals surface area (Å²) >= 11 is 8.16. The monoisotopic (exact) mass is 534 g/mol. The van der Waals surface area contributed by atoms with Gasteiger partial charge in [0.15, 0.2) is 0 Å². The van der Waals surface area contributed by atoms with Gasteiger partial charge in [0.2, 0.25) is 0 Å². The number of carbonyl (C=O) groups excluding carboxylic acids is 1. The number of carbonyl (C=O) groups is 1. The van der Waals surface area contributed by atoms with Crippen LogP contribution < -0.4 is 5.32 Å². The third-order valence-corrected chi connectivity index (χ3v) is 9.09. The number of fused-ring (bicyclic) bond motifs is 1. The first-order valence-electron chi connectivity index (χ1n) is 12.7. The maximum absolute atomic E-state index is 14.1. The molecule has 3 N–H and O–H groups in total. The summed E-state index contributed by atoms with van der Waals surface area (Å²) in [6.07, 6.45) is 3.77. The van der Waals surface area contributed by atoms with E-state index in [4.69, 9.17) is 11.6 Å². The van der Waals surface area contributed by atoms with E-state index in [1.165, 1.54) is 11.3 Å². The lowest BCUT2D eigenvalue weighted by molar-refractivity contribution is 0.0605. The number of nitrogens with zero attached hydrogens (tertiary/aromatic N) is 1. The summed E-state index contributed by atoms with van der Waals surface area (Å²) < 4.78 is 0.992. The minimum absolute atomic E-state index is 0.00569. The van der Waals surface area contributed by atoms with Crippen molar-refractivity contribution >= 4 is 38.9 Å². The maximum Gasteiger partial charge on any atom is 0.266 e. The van der Waals surface area contributed by atoms with E-state index < -0.39 is 0 Å². The number of aromatic hydroxyl groups is 1. The molecule has 1 aromatic heterocycles. The van der Waals surface area contributed by atoms with E-state index >= 15 is 0 Å². The molecule has 1 aliphatic rings. The molecule has 1 heterocycles. The molecule has 0 bridgehead atoms. The molecular weight excluding hydrogens is 504 g/mol. The molecule has 0 aliphatic heterocycles. The molecule has 5 nitrogen and oxygen atoms in total. The molecule has 0 saturated heterocycles. The van der Waals surface area contributed by atoms with Crippen molar-refractivity contribution in [1.29, 1.82) is 0 Å². The molecule has 0 atom stereocenters. The van der Waals surface area contributed by atoms with E-state index in [-0.39, 0.29) is 24.3 Å². The Hall–Kier alpha value is -2.90. The van der Waals surface area contributed by atoms with E-state index in [2.05, 4.69) is 5.32 Å². The van der Waals surface area contributed by atoms with Crippen molar-refractivity contribution < 1.29 is 15.0 Å². The summed E-state index contributed by atoms with van der Waals surface area (Å²) in [7, 11) is 1.99. The predicted octanol–water partition coefficient (Wildman–Crippen LogP) is 6.59. The summed E-state index contributed by atoms with van der Waals surface area (Å²) in [5.41, 5.74) is 3.48. The highest BCUT2D eigenvalue weighted by Crippen LogP contribution is 2.38. The topological polar surface area (TPSA) is 72.8 Å². The largest absolute Gasteiger partial charge is 0.508 e. The first-order chi connectivity index (χ1) is 18.0. The molecule has 1 aliphatic carbocycles. The number of benzene rings is 3. The van der Waals surface area contributed by atoms with Crippen LogP contribution >= 0.6 is 22.9 Å². The SMILES string of the molecule is CNC1CCC(N(Cc2cc(-c3ccc(CO)cc3)ccc2O)C(=O)c2sc3ccccc3c2Cl)CC1. The Balaban J connectivity index is 1.49. The van der Waals surface area contributed by atoms with Gasteiger partial charge in [0, 0.05) is 34.3 Å². The van der Waals surface area contributed by atoms with Gasteiger partial charge in [0.05, 0.1) is 11.6 Å². The standard InChI is InChI=1S/C30H31ClN2O3S/c1-32-23-11-13-24(14-12-23)33(30(36)29-28(31)25-4-2-3-5-27(25)37-29)17-22-16-21(10-15-26(22)35)20-8-6-19(18-34)7-9-20/h2-10,15-16,23-24,32,34-35H,11-14,17-18H2,1H3. The Labute approximate surface area is 226 Å². The minimum Gasteiger partial charge on any atom is -0.508 e. The Morgan fingerprint density at radius 1 is 1.03 bits per heavy atom. The highest BCUT2D eigenvalue weighted by molar-refractivity contribution is 7.21. The van der Waals surface area contributed by atoms with Crippen LogP contribution in [0.25, 0.3) is 21.2 Å². The zero-order valence-corrected chi connectivity index (χ0v) is 22.4. The Bertz CT molecular complexity index is 1390. The smallest absolute Gasteiger partial charge is 0.266 e. The van der Waals surface area contributed by atoms with Crippen LogP contribution in [0.5, 0.6) is 5.75 Å². The second kappa shape index (κ2) is 11.2. The fourth-order valence-corrected chi connectivity index (χ4v) is 6.67. The number of hydrogen-bond acceptors (Lipinski definition) is 5. The summed E-state index contributed by atoms with van der Waals surface area (Å²) in [5.74, 6) is 0.0797. The zero-order chi connectivity index (χ0) is 25.9. The number of amides is 1. The molecule has 1 saturated carbocycles. The third-order valence-electron chi connectivity index (χ3n) is 7.43. The van der Waals surface area contributed by atoms with Gasteiger partial charge in [-0.2, -0.15) is 0 Å². The number of rotatable bonds is 7. The number of phenolic OH excluding ortho intramolecular Hbond substituents is 1. The molecule has 192 valence electrons. The molecule has 1 fully saturated rings. The number of aliphatic hydroxyl groups excluding tert-OH is 1. The molecule has 7 heteroatoms. The first kappa shape index (κ1) is 25.7. The number of phenols is 1. The van der Waals surface area contributed by atoms with Crippen molar-refractivity contribution in [3.05, 3.63) is 87.8 Å². The normalized spacial score (nSPS) is 17.7. The minimum atomic E-state index is -0.0868. The van der Waals surface area contributed by atoms with Crippen molar-refractivity contribution in [2.75, 3.05) is 7.05 Å². The van der Waals surface area contributed by atoms with Crippen LogP contribution in [-0.4, -0.2) is 40.2 Å². The predicted molar refractivity (Wildman–Crippen MR) is 151 cm³/mol. The van der Waals surface area contributed by atoms with Crippen LogP contribution in [0.4, 0.5) is 0 Å². The van der Waals surface area contributed by atoms with Gasteiger partial charge in [-0.1, -0.05) is 60.1 Å². The molecule has 1 amide bonds. The van der Waals surface area contributed by atoms with Crippen LogP contribution in [0, 0.1) is 0 Å². The Morgan fingerprint density at radius 3 is 2.41 bits per heavy atom. The van der Waals surface area contributed by atoms with Crippen LogP contribution in [-0.2, 0) is 13.2 Å². The molecule has 0 spiro atoms. The molecule has 4 aromatic rings. The lowest BCUT2D eigenvalue weighted by Crippen LogP contribution is -2.44. The van der Waals surface area contributed by atoms with Crippen LogP contribution in [0.2, 0.25) is 5.02 Å². The fraction of sp³-hybridized carbons (Fsp3) is 0.300. The van der Waals surface area contributed by atoms with Crippen molar-refractivity contribution in [3.63, 3.8) is 0 Å². The molecule has 5 rings (SSSR count). The first-order valence-corrected chi connectivity index (χ1v) is 13.8. The second-order valence-electron chi connectivity index (χ2n) is 9.67. The van der Waals surface area contributed by atoms with Crippen molar-refractivity contribution in [3.8, 4) is 16.9 Å². The zero-order valence-electron chi connectivity index (χ0n) is 20.8. The molecule has 0 radical (unpaired) electrons. The lowest BCUT2D eigenvalue weighted by atomic mass is 9.89. The van der Waals surface area contributed by atoms with E-state index in [0.717, 1.165) is 52.5 Å². The molecule has 37 heavy (non-hydrogen) atoms. The molecule has 0 unspecified atom stereocenters. The Kier molecular flexibility index (Phi) is 7.81. The summed E-state index contributed by atoms with van der Waals surface area (Å²) in [5, 5.41) is 24.9. The van der Waals surface area contributed by atoms with E-state index in [1.54, 1.807) is 6.07 Å². The summed E-state index contributed by atoms with van der Waals surface area (Å²) in [6.45, 7) is 0.293.